The number of anilines is 1. The van der Waals surface area contributed by atoms with Gasteiger partial charge >= 0.3 is 6.03 Å². The van der Waals surface area contributed by atoms with Gasteiger partial charge in [-0.25, -0.2) is 9.78 Å². The largest absolute Gasteiger partial charge is 0.360 e. The lowest BCUT2D eigenvalue weighted by molar-refractivity contribution is 0.0926. The Bertz CT molecular complexity index is 679. The highest BCUT2D eigenvalue weighted by Gasteiger charge is 2.32. The van der Waals surface area contributed by atoms with Crippen LogP contribution in [0.5, 0.6) is 0 Å². The quantitative estimate of drug-likeness (QED) is 0.930. The van der Waals surface area contributed by atoms with Gasteiger partial charge in [0.05, 0.1) is 6.04 Å². The maximum atomic E-state index is 12.5. The van der Waals surface area contributed by atoms with Gasteiger partial charge in [0.25, 0.3) is 0 Å². The van der Waals surface area contributed by atoms with Crippen LogP contribution in [0.15, 0.2) is 23.0 Å². The maximum absolute atomic E-state index is 12.5. The second-order valence-corrected chi connectivity index (χ2v) is 5.74. The number of likely N-dealkylation sites (N-methyl/N-ethyl adjacent to an activating group) is 1. The Labute approximate surface area is 135 Å². The SMILES string of the molecule is CCN1CCN(C(=O)Nc2cc(C)on2)CC1c1nccn1C. The molecule has 1 aliphatic heterocycles. The molecule has 2 aromatic heterocycles. The molecule has 0 aromatic carbocycles. The van der Waals surface area contributed by atoms with E-state index in [4.69, 9.17) is 4.52 Å². The number of aromatic nitrogens is 3. The van der Waals surface area contributed by atoms with Gasteiger partial charge in [-0.1, -0.05) is 12.1 Å². The third-order valence-electron chi connectivity index (χ3n) is 4.20. The van der Waals surface area contributed by atoms with Crippen molar-refractivity contribution in [2.24, 2.45) is 7.05 Å². The van der Waals surface area contributed by atoms with Crippen molar-refractivity contribution in [1.29, 1.82) is 0 Å². The molecule has 8 heteroatoms. The summed E-state index contributed by atoms with van der Waals surface area (Å²) in [6.45, 7) is 6.94. The number of imidazole rings is 1. The smallest absolute Gasteiger partial charge is 0.323 e. The van der Waals surface area contributed by atoms with Gasteiger partial charge in [0.15, 0.2) is 5.82 Å². The number of nitrogens with zero attached hydrogens (tertiary/aromatic N) is 5. The molecule has 0 spiro atoms. The Balaban J connectivity index is 1.72. The Morgan fingerprint density at radius 2 is 2.30 bits per heavy atom. The summed E-state index contributed by atoms with van der Waals surface area (Å²) in [6, 6.07) is 1.64. The molecular formula is C15H22N6O2. The summed E-state index contributed by atoms with van der Waals surface area (Å²) in [5, 5.41) is 6.59. The van der Waals surface area contributed by atoms with E-state index in [-0.39, 0.29) is 12.1 Å². The first-order valence-electron chi connectivity index (χ1n) is 7.79. The first-order chi connectivity index (χ1) is 11.1. The van der Waals surface area contributed by atoms with E-state index in [1.54, 1.807) is 24.1 Å². The molecular weight excluding hydrogens is 296 g/mol. The van der Waals surface area contributed by atoms with E-state index >= 15 is 0 Å². The van der Waals surface area contributed by atoms with E-state index in [1.807, 2.05) is 17.8 Å². The van der Waals surface area contributed by atoms with E-state index in [0.717, 1.165) is 18.9 Å². The van der Waals surface area contributed by atoms with Crippen LogP contribution in [0, 0.1) is 6.92 Å². The summed E-state index contributed by atoms with van der Waals surface area (Å²) in [5.74, 6) is 2.09. The average molecular weight is 318 g/mol. The van der Waals surface area contributed by atoms with Gasteiger partial charge in [0, 0.05) is 45.1 Å². The third-order valence-corrected chi connectivity index (χ3v) is 4.20. The first kappa shape index (κ1) is 15.5. The zero-order valence-corrected chi connectivity index (χ0v) is 13.7. The predicted octanol–water partition coefficient (Wildman–Crippen LogP) is 1.63. The van der Waals surface area contributed by atoms with Crippen molar-refractivity contribution < 1.29 is 9.32 Å². The Morgan fingerprint density at radius 1 is 1.48 bits per heavy atom. The van der Waals surface area contributed by atoms with Crippen molar-refractivity contribution in [2.75, 3.05) is 31.5 Å². The zero-order chi connectivity index (χ0) is 16.4. The number of hydrogen-bond acceptors (Lipinski definition) is 5. The number of nitrogens with one attached hydrogen (secondary N) is 1. The first-order valence-corrected chi connectivity index (χ1v) is 7.79. The summed E-state index contributed by atoms with van der Waals surface area (Å²) in [5.41, 5.74) is 0. The Morgan fingerprint density at radius 3 is 2.91 bits per heavy atom. The number of carbonyl (C=O) groups is 1. The molecule has 2 amide bonds. The van der Waals surface area contributed by atoms with E-state index < -0.39 is 0 Å². The van der Waals surface area contributed by atoms with Gasteiger partial charge in [-0.3, -0.25) is 10.2 Å². The van der Waals surface area contributed by atoms with Crippen LogP contribution in [-0.2, 0) is 7.05 Å². The summed E-state index contributed by atoms with van der Waals surface area (Å²) in [7, 11) is 1.98. The Kier molecular flexibility index (Phi) is 4.33. The minimum atomic E-state index is -0.159. The molecule has 1 N–H and O–H groups in total. The number of carbonyl (C=O) groups excluding carboxylic acids is 1. The van der Waals surface area contributed by atoms with Crippen LogP contribution in [0.2, 0.25) is 0 Å². The van der Waals surface area contributed by atoms with Crippen molar-refractivity contribution in [2.45, 2.75) is 19.9 Å². The topological polar surface area (TPSA) is 79.4 Å². The fourth-order valence-corrected chi connectivity index (χ4v) is 2.94. The number of rotatable bonds is 3. The second kappa shape index (κ2) is 6.41. The van der Waals surface area contributed by atoms with Crippen molar-refractivity contribution in [1.82, 2.24) is 24.5 Å². The Hall–Kier alpha value is -2.35. The average Bonchev–Trinajstić information content (AvgIpc) is 3.15. The molecule has 0 bridgehead atoms. The van der Waals surface area contributed by atoms with Crippen molar-refractivity contribution in [3.8, 4) is 0 Å². The van der Waals surface area contributed by atoms with E-state index in [9.17, 15) is 4.79 Å². The van der Waals surface area contributed by atoms with E-state index in [0.29, 0.717) is 24.7 Å². The molecule has 1 atom stereocenters. The highest BCUT2D eigenvalue weighted by molar-refractivity contribution is 5.88. The van der Waals surface area contributed by atoms with E-state index in [2.05, 4.69) is 27.3 Å². The van der Waals surface area contributed by atoms with Gasteiger partial charge in [0.1, 0.15) is 11.6 Å². The van der Waals surface area contributed by atoms with Crippen LogP contribution < -0.4 is 5.32 Å². The number of amides is 2. The molecule has 0 aliphatic carbocycles. The minimum absolute atomic E-state index is 0.0959. The molecule has 2 aromatic rings. The molecule has 3 rings (SSSR count). The number of hydrogen-bond donors (Lipinski definition) is 1. The lowest BCUT2D eigenvalue weighted by atomic mass is 10.1. The molecule has 1 fully saturated rings. The molecule has 3 heterocycles. The molecule has 23 heavy (non-hydrogen) atoms. The van der Waals surface area contributed by atoms with Crippen molar-refractivity contribution in [3.63, 3.8) is 0 Å². The summed E-state index contributed by atoms with van der Waals surface area (Å²) in [4.78, 5) is 21.1. The standard InChI is InChI=1S/C15H22N6O2/c1-4-20-7-8-21(10-12(20)14-16-5-6-19(14)3)15(22)17-13-9-11(2)23-18-13/h5-6,9,12H,4,7-8,10H2,1-3H3,(H,17,18,22). The molecule has 1 aliphatic rings. The van der Waals surface area contributed by atoms with Crippen LogP contribution in [0.1, 0.15) is 24.6 Å². The van der Waals surface area contributed by atoms with Gasteiger partial charge < -0.3 is 14.0 Å². The van der Waals surface area contributed by atoms with Crippen molar-refractivity contribution in [3.05, 3.63) is 30.0 Å². The molecule has 8 nitrogen and oxygen atoms in total. The fourth-order valence-electron chi connectivity index (χ4n) is 2.94. The summed E-state index contributed by atoms with van der Waals surface area (Å²) in [6.07, 6.45) is 3.72. The summed E-state index contributed by atoms with van der Waals surface area (Å²) < 4.78 is 6.99. The van der Waals surface area contributed by atoms with Crippen LogP contribution in [0.3, 0.4) is 0 Å². The molecule has 124 valence electrons. The highest BCUT2D eigenvalue weighted by atomic mass is 16.5. The minimum Gasteiger partial charge on any atom is -0.360 e. The lowest BCUT2D eigenvalue weighted by Crippen LogP contribution is -2.52. The predicted molar refractivity (Wildman–Crippen MR) is 85.0 cm³/mol. The number of urea groups is 1. The van der Waals surface area contributed by atoms with Gasteiger partial charge in [-0.05, 0) is 13.5 Å². The van der Waals surface area contributed by atoms with Crippen LogP contribution >= 0.6 is 0 Å². The second-order valence-electron chi connectivity index (χ2n) is 5.74. The lowest BCUT2D eigenvalue weighted by Gasteiger charge is -2.40. The summed E-state index contributed by atoms with van der Waals surface area (Å²) >= 11 is 0. The normalized spacial score (nSPS) is 19.1. The van der Waals surface area contributed by atoms with Gasteiger partial charge in [-0.15, -0.1) is 0 Å². The van der Waals surface area contributed by atoms with Gasteiger partial charge in [-0.2, -0.15) is 0 Å². The zero-order valence-electron chi connectivity index (χ0n) is 13.7. The number of aryl methyl sites for hydroxylation is 2. The van der Waals surface area contributed by atoms with Crippen LogP contribution in [0.4, 0.5) is 10.6 Å². The van der Waals surface area contributed by atoms with Crippen LogP contribution in [-0.4, -0.2) is 56.7 Å². The maximum Gasteiger partial charge on any atom is 0.323 e. The molecule has 1 unspecified atom stereocenters. The monoisotopic (exact) mass is 318 g/mol. The van der Waals surface area contributed by atoms with Gasteiger partial charge in [0.2, 0.25) is 0 Å². The molecule has 0 radical (unpaired) electrons. The number of piperazine rings is 1. The molecule has 0 saturated carbocycles. The highest BCUT2D eigenvalue weighted by Crippen LogP contribution is 2.24. The third kappa shape index (κ3) is 3.21. The molecule has 1 saturated heterocycles. The fraction of sp³-hybridized carbons (Fsp3) is 0.533. The van der Waals surface area contributed by atoms with Crippen molar-refractivity contribution >= 4 is 11.8 Å². The van der Waals surface area contributed by atoms with E-state index in [1.165, 1.54) is 0 Å². The van der Waals surface area contributed by atoms with Crippen LogP contribution in [0.25, 0.3) is 0 Å².